The zero-order valence-corrected chi connectivity index (χ0v) is 28.6. The Hall–Kier alpha value is -4.24. The normalized spacial score (nSPS) is 22.0. The van der Waals surface area contributed by atoms with Gasteiger partial charge in [-0.05, 0) is 34.9 Å². The second kappa shape index (κ2) is 13.5. The minimum atomic E-state index is -2.41. The van der Waals surface area contributed by atoms with Crippen molar-refractivity contribution in [3.63, 3.8) is 0 Å². The maximum Gasteiger partial charge on any atom is 0.264 e. The summed E-state index contributed by atoms with van der Waals surface area (Å²) in [4.78, 5) is 32.6. The van der Waals surface area contributed by atoms with Crippen molar-refractivity contribution in [1.82, 2.24) is 4.90 Å². The van der Waals surface area contributed by atoms with Crippen molar-refractivity contribution >= 4 is 30.8 Å². The fourth-order valence-electron chi connectivity index (χ4n) is 7.91. The van der Waals surface area contributed by atoms with Crippen LogP contribution in [0.3, 0.4) is 0 Å². The number of anilines is 1. The maximum atomic E-state index is 14.9. The first kappa shape index (κ1) is 32.7. The molecule has 1 spiro atoms. The largest absolute Gasteiger partial charge is 0.497 e. The summed E-state index contributed by atoms with van der Waals surface area (Å²) in [6.07, 6.45) is -0.392. The SMILES string of the molecule is COc1ccc([Si](C)(C)[C@@H]2[C@@H](CC(=O)N(CCO)Cc3ccccc3)O[C@]3(C(=O)N(Cc4ccccc4)c4ccccc43)[C@H]2C)cc1. The number of aliphatic hydroxyl groups excluding tert-OH is 1. The molecule has 0 aliphatic carbocycles. The molecule has 244 valence electrons. The summed E-state index contributed by atoms with van der Waals surface area (Å²) in [7, 11) is -0.754. The van der Waals surface area contributed by atoms with Gasteiger partial charge < -0.3 is 24.4 Å². The summed E-state index contributed by atoms with van der Waals surface area (Å²) in [5.74, 6) is 0.404. The molecule has 2 heterocycles. The number of fused-ring (bicyclic) bond motifs is 2. The molecule has 2 aliphatic rings. The molecule has 1 saturated heterocycles. The number of amides is 2. The second-order valence-corrected chi connectivity index (χ2v) is 18.0. The van der Waals surface area contributed by atoms with Crippen LogP contribution in [0.2, 0.25) is 18.6 Å². The van der Waals surface area contributed by atoms with E-state index in [4.69, 9.17) is 9.47 Å². The van der Waals surface area contributed by atoms with E-state index in [0.717, 1.165) is 28.1 Å². The highest BCUT2D eigenvalue weighted by molar-refractivity contribution is 6.91. The van der Waals surface area contributed by atoms with Gasteiger partial charge in [-0.3, -0.25) is 9.59 Å². The van der Waals surface area contributed by atoms with Gasteiger partial charge in [0, 0.05) is 24.6 Å². The zero-order chi connectivity index (χ0) is 33.2. The molecule has 0 radical (unpaired) electrons. The molecule has 6 rings (SSSR count). The summed E-state index contributed by atoms with van der Waals surface area (Å²) in [6, 6.07) is 36.0. The van der Waals surface area contributed by atoms with E-state index >= 15 is 0 Å². The third-order valence-electron chi connectivity index (χ3n) is 10.2. The summed E-state index contributed by atoms with van der Waals surface area (Å²) in [5, 5.41) is 11.1. The number of ether oxygens (including phenoxy) is 2. The van der Waals surface area contributed by atoms with Gasteiger partial charge in [0.2, 0.25) is 5.91 Å². The molecule has 4 aromatic carbocycles. The van der Waals surface area contributed by atoms with Crippen molar-refractivity contribution in [2.45, 2.75) is 56.8 Å². The lowest BCUT2D eigenvalue weighted by molar-refractivity contribution is -0.150. The Kier molecular flexibility index (Phi) is 9.37. The summed E-state index contributed by atoms with van der Waals surface area (Å²) < 4.78 is 12.6. The summed E-state index contributed by atoms with van der Waals surface area (Å²) in [5.41, 5.74) is 2.46. The lowest BCUT2D eigenvalue weighted by Crippen LogP contribution is -2.52. The molecular formula is C39H44N2O5Si. The number of carbonyl (C=O) groups excluding carboxylic acids is 2. The first-order valence-corrected chi connectivity index (χ1v) is 19.5. The van der Waals surface area contributed by atoms with E-state index in [0.29, 0.717) is 13.1 Å². The number of rotatable bonds is 11. The van der Waals surface area contributed by atoms with E-state index in [9.17, 15) is 14.7 Å². The number of nitrogens with zero attached hydrogens (tertiary/aromatic N) is 2. The third kappa shape index (κ3) is 6.01. The quantitative estimate of drug-likeness (QED) is 0.206. The lowest BCUT2D eigenvalue weighted by atomic mass is 9.82. The van der Waals surface area contributed by atoms with Crippen LogP contribution in [-0.4, -0.2) is 56.3 Å². The van der Waals surface area contributed by atoms with Crippen LogP contribution in [0.5, 0.6) is 5.75 Å². The van der Waals surface area contributed by atoms with Gasteiger partial charge in [-0.1, -0.05) is 116 Å². The molecular weight excluding hydrogens is 605 g/mol. The number of hydrogen-bond donors (Lipinski definition) is 1. The molecule has 7 nitrogen and oxygen atoms in total. The fourth-order valence-corrected chi connectivity index (χ4v) is 11.9. The van der Waals surface area contributed by atoms with Gasteiger partial charge in [0.1, 0.15) is 5.75 Å². The smallest absolute Gasteiger partial charge is 0.264 e. The van der Waals surface area contributed by atoms with E-state index in [1.54, 1.807) is 12.0 Å². The second-order valence-electron chi connectivity index (χ2n) is 13.3. The summed E-state index contributed by atoms with van der Waals surface area (Å²) in [6.45, 7) is 7.69. The Morgan fingerprint density at radius 3 is 2.17 bits per heavy atom. The predicted molar refractivity (Wildman–Crippen MR) is 187 cm³/mol. The highest BCUT2D eigenvalue weighted by Gasteiger charge is 2.66. The molecule has 4 aromatic rings. The van der Waals surface area contributed by atoms with Gasteiger partial charge in [0.05, 0.1) is 46.5 Å². The molecule has 2 amide bonds. The topological polar surface area (TPSA) is 79.3 Å². The van der Waals surface area contributed by atoms with Crippen molar-refractivity contribution in [1.29, 1.82) is 0 Å². The van der Waals surface area contributed by atoms with Gasteiger partial charge in [-0.2, -0.15) is 0 Å². The van der Waals surface area contributed by atoms with Crippen molar-refractivity contribution in [2.75, 3.05) is 25.2 Å². The van der Waals surface area contributed by atoms with Gasteiger partial charge in [0.15, 0.2) is 5.60 Å². The highest BCUT2D eigenvalue weighted by atomic mass is 28.3. The van der Waals surface area contributed by atoms with Gasteiger partial charge in [-0.25, -0.2) is 0 Å². The van der Waals surface area contributed by atoms with Crippen LogP contribution < -0.4 is 14.8 Å². The first-order valence-electron chi connectivity index (χ1n) is 16.4. The lowest BCUT2D eigenvalue weighted by Gasteiger charge is -2.37. The molecule has 0 saturated carbocycles. The number of aliphatic hydroxyl groups is 1. The highest BCUT2D eigenvalue weighted by Crippen LogP contribution is 2.60. The number of methoxy groups -OCH3 is 1. The Morgan fingerprint density at radius 2 is 1.53 bits per heavy atom. The molecule has 8 heteroatoms. The number of para-hydroxylation sites is 1. The average molecular weight is 649 g/mol. The Morgan fingerprint density at radius 1 is 0.915 bits per heavy atom. The van der Waals surface area contributed by atoms with E-state index in [1.807, 2.05) is 102 Å². The van der Waals surface area contributed by atoms with Gasteiger partial charge in [0.25, 0.3) is 5.91 Å². The number of carbonyl (C=O) groups is 2. The van der Waals surface area contributed by atoms with E-state index in [1.165, 1.54) is 5.19 Å². The molecule has 1 fully saturated rings. The summed E-state index contributed by atoms with van der Waals surface area (Å²) >= 11 is 0. The monoisotopic (exact) mass is 648 g/mol. The van der Waals surface area contributed by atoms with E-state index in [-0.39, 0.29) is 42.8 Å². The van der Waals surface area contributed by atoms with Crippen molar-refractivity contribution in [3.8, 4) is 5.75 Å². The maximum absolute atomic E-state index is 14.9. The van der Waals surface area contributed by atoms with Crippen LogP contribution in [0.25, 0.3) is 0 Å². The van der Waals surface area contributed by atoms with Gasteiger partial charge >= 0.3 is 0 Å². The van der Waals surface area contributed by atoms with Crippen LogP contribution in [0.15, 0.2) is 109 Å². The van der Waals surface area contributed by atoms with E-state index < -0.39 is 19.8 Å². The standard InChI is InChI=1S/C39H44N2O5Si/c1-28-37(47(3,4)32-21-19-31(45-2)20-22-32)35(25-36(43)40(23-24-42)26-29-13-7-5-8-14-29)46-39(28)33-17-11-12-18-34(33)41(38(39)44)27-30-15-9-6-10-16-30/h5-22,28,35,37,42H,23-27H2,1-4H3/t28-,35+,37-,39+/m0/s1. The minimum Gasteiger partial charge on any atom is -0.497 e. The van der Waals surface area contributed by atoms with Crippen LogP contribution in [0.4, 0.5) is 5.69 Å². The predicted octanol–water partition coefficient (Wildman–Crippen LogP) is 5.87. The molecule has 2 aliphatic heterocycles. The van der Waals surface area contributed by atoms with Crippen molar-refractivity contribution in [3.05, 3.63) is 126 Å². The van der Waals surface area contributed by atoms with E-state index in [2.05, 4.69) is 32.2 Å². The van der Waals surface area contributed by atoms with Crippen molar-refractivity contribution < 1.29 is 24.2 Å². The molecule has 47 heavy (non-hydrogen) atoms. The Bertz CT molecular complexity index is 1700. The molecule has 0 unspecified atom stereocenters. The third-order valence-corrected chi connectivity index (χ3v) is 14.6. The Balaban J connectivity index is 1.41. The van der Waals surface area contributed by atoms with Gasteiger partial charge in [-0.15, -0.1) is 0 Å². The fraction of sp³-hybridized carbons (Fsp3) is 0.333. The zero-order valence-electron chi connectivity index (χ0n) is 27.6. The Labute approximate surface area is 278 Å². The van der Waals surface area contributed by atoms with Crippen LogP contribution in [0, 0.1) is 5.92 Å². The molecule has 4 atom stereocenters. The molecule has 0 bridgehead atoms. The number of benzene rings is 4. The molecule has 0 aromatic heterocycles. The number of hydrogen-bond acceptors (Lipinski definition) is 5. The minimum absolute atomic E-state index is 0.0683. The van der Waals surface area contributed by atoms with Crippen LogP contribution >= 0.6 is 0 Å². The molecule has 1 N–H and O–H groups in total. The first-order chi connectivity index (χ1) is 22.7. The van der Waals surface area contributed by atoms with Crippen LogP contribution in [-0.2, 0) is 33.0 Å². The van der Waals surface area contributed by atoms with Crippen LogP contribution in [0.1, 0.15) is 30.0 Å². The van der Waals surface area contributed by atoms with Crippen molar-refractivity contribution in [2.24, 2.45) is 5.92 Å². The average Bonchev–Trinajstić information content (AvgIpc) is 3.51.